The minimum atomic E-state index is -0.101. The van der Waals surface area contributed by atoms with Gasteiger partial charge in [-0.2, -0.15) is 0 Å². The SMILES string of the molecule is CCCOc1ccc(NC(=O)c2cccc(C)c2)cc1. The van der Waals surface area contributed by atoms with Gasteiger partial charge in [-0.05, 0) is 49.7 Å². The molecule has 2 aromatic carbocycles. The first kappa shape index (κ1) is 14.1. The zero-order valence-electron chi connectivity index (χ0n) is 11.8. The maximum Gasteiger partial charge on any atom is 0.255 e. The molecule has 3 heteroatoms. The van der Waals surface area contributed by atoms with Crippen molar-refractivity contribution in [1.82, 2.24) is 0 Å². The molecule has 0 saturated carbocycles. The maximum absolute atomic E-state index is 12.1. The second kappa shape index (κ2) is 6.75. The van der Waals surface area contributed by atoms with E-state index in [9.17, 15) is 4.79 Å². The molecule has 1 amide bonds. The van der Waals surface area contributed by atoms with E-state index >= 15 is 0 Å². The van der Waals surface area contributed by atoms with Gasteiger partial charge in [0.05, 0.1) is 6.61 Å². The summed E-state index contributed by atoms with van der Waals surface area (Å²) in [5, 5.41) is 2.87. The van der Waals surface area contributed by atoms with E-state index in [0.717, 1.165) is 23.4 Å². The number of carbonyl (C=O) groups excluding carboxylic acids is 1. The average Bonchev–Trinajstić information content (AvgIpc) is 2.46. The Bertz CT molecular complexity index is 576. The Morgan fingerprint density at radius 2 is 1.90 bits per heavy atom. The molecule has 20 heavy (non-hydrogen) atoms. The molecule has 0 aromatic heterocycles. The summed E-state index contributed by atoms with van der Waals surface area (Å²) >= 11 is 0. The van der Waals surface area contributed by atoms with E-state index in [2.05, 4.69) is 12.2 Å². The smallest absolute Gasteiger partial charge is 0.255 e. The molecule has 2 rings (SSSR count). The summed E-state index contributed by atoms with van der Waals surface area (Å²) in [5.41, 5.74) is 2.50. The second-order valence-corrected chi connectivity index (χ2v) is 4.70. The highest BCUT2D eigenvalue weighted by Gasteiger charge is 2.05. The van der Waals surface area contributed by atoms with Gasteiger partial charge in [0.15, 0.2) is 0 Å². The highest BCUT2D eigenvalue weighted by molar-refractivity contribution is 6.04. The number of hydrogen-bond donors (Lipinski definition) is 1. The molecule has 0 atom stereocenters. The number of hydrogen-bond acceptors (Lipinski definition) is 2. The first-order valence-electron chi connectivity index (χ1n) is 6.80. The largest absolute Gasteiger partial charge is 0.494 e. The summed E-state index contributed by atoms with van der Waals surface area (Å²) in [6.07, 6.45) is 0.978. The third-order valence-corrected chi connectivity index (χ3v) is 2.87. The normalized spacial score (nSPS) is 10.1. The third-order valence-electron chi connectivity index (χ3n) is 2.87. The number of aryl methyl sites for hydroxylation is 1. The van der Waals surface area contributed by atoms with Crippen LogP contribution in [0.3, 0.4) is 0 Å². The predicted molar refractivity (Wildman–Crippen MR) is 81.4 cm³/mol. The lowest BCUT2D eigenvalue weighted by Crippen LogP contribution is -2.11. The van der Waals surface area contributed by atoms with Crippen LogP contribution in [-0.2, 0) is 0 Å². The molecule has 0 aliphatic carbocycles. The standard InChI is InChI=1S/C17H19NO2/c1-3-11-20-16-9-7-15(8-10-16)18-17(19)14-6-4-5-13(2)12-14/h4-10,12H,3,11H2,1-2H3,(H,18,19). The highest BCUT2D eigenvalue weighted by Crippen LogP contribution is 2.17. The van der Waals surface area contributed by atoms with Crippen LogP contribution in [0.15, 0.2) is 48.5 Å². The Labute approximate surface area is 119 Å². The van der Waals surface area contributed by atoms with Crippen molar-refractivity contribution in [1.29, 1.82) is 0 Å². The predicted octanol–water partition coefficient (Wildman–Crippen LogP) is 4.04. The first-order valence-corrected chi connectivity index (χ1v) is 6.80. The Kier molecular flexibility index (Phi) is 4.77. The van der Waals surface area contributed by atoms with Crippen LogP contribution in [0.4, 0.5) is 5.69 Å². The molecule has 0 unspecified atom stereocenters. The monoisotopic (exact) mass is 269 g/mol. The Hall–Kier alpha value is -2.29. The summed E-state index contributed by atoms with van der Waals surface area (Å²) in [4.78, 5) is 12.1. The molecular weight excluding hydrogens is 250 g/mol. The van der Waals surface area contributed by atoms with E-state index in [1.165, 1.54) is 0 Å². The minimum Gasteiger partial charge on any atom is -0.494 e. The lowest BCUT2D eigenvalue weighted by molar-refractivity contribution is 0.102. The number of ether oxygens (including phenoxy) is 1. The molecule has 104 valence electrons. The average molecular weight is 269 g/mol. The number of rotatable bonds is 5. The van der Waals surface area contributed by atoms with E-state index in [1.807, 2.05) is 49.4 Å². The van der Waals surface area contributed by atoms with Gasteiger partial charge in [0.25, 0.3) is 5.91 Å². The number of anilines is 1. The molecule has 0 spiro atoms. The zero-order valence-corrected chi connectivity index (χ0v) is 11.8. The van der Waals surface area contributed by atoms with Gasteiger partial charge in [-0.3, -0.25) is 4.79 Å². The fourth-order valence-corrected chi connectivity index (χ4v) is 1.84. The van der Waals surface area contributed by atoms with Crippen molar-refractivity contribution in [2.75, 3.05) is 11.9 Å². The lowest BCUT2D eigenvalue weighted by atomic mass is 10.1. The van der Waals surface area contributed by atoms with Crippen molar-refractivity contribution in [3.8, 4) is 5.75 Å². The van der Waals surface area contributed by atoms with Crippen LogP contribution in [0.1, 0.15) is 29.3 Å². The quantitative estimate of drug-likeness (QED) is 0.889. The van der Waals surface area contributed by atoms with Crippen molar-refractivity contribution in [2.45, 2.75) is 20.3 Å². The van der Waals surface area contributed by atoms with E-state index < -0.39 is 0 Å². The Morgan fingerprint density at radius 3 is 2.55 bits per heavy atom. The summed E-state index contributed by atoms with van der Waals surface area (Å²) in [7, 11) is 0. The van der Waals surface area contributed by atoms with Crippen LogP contribution in [0, 0.1) is 6.92 Å². The molecule has 0 bridgehead atoms. The van der Waals surface area contributed by atoms with Crippen molar-refractivity contribution in [3.63, 3.8) is 0 Å². The minimum absolute atomic E-state index is 0.101. The third kappa shape index (κ3) is 3.85. The summed E-state index contributed by atoms with van der Waals surface area (Å²) in [6, 6.07) is 14.9. The summed E-state index contributed by atoms with van der Waals surface area (Å²) in [5.74, 6) is 0.719. The molecule has 1 N–H and O–H groups in total. The van der Waals surface area contributed by atoms with E-state index in [0.29, 0.717) is 12.2 Å². The van der Waals surface area contributed by atoms with Crippen LogP contribution < -0.4 is 10.1 Å². The fourth-order valence-electron chi connectivity index (χ4n) is 1.84. The van der Waals surface area contributed by atoms with Crippen LogP contribution in [0.2, 0.25) is 0 Å². The van der Waals surface area contributed by atoms with Crippen molar-refractivity contribution in [2.24, 2.45) is 0 Å². The van der Waals surface area contributed by atoms with Crippen LogP contribution in [-0.4, -0.2) is 12.5 Å². The van der Waals surface area contributed by atoms with Crippen LogP contribution >= 0.6 is 0 Å². The molecule has 0 fully saturated rings. The summed E-state index contributed by atoms with van der Waals surface area (Å²) in [6.45, 7) is 4.74. The van der Waals surface area contributed by atoms with Gasteiger partial charge >= 0.3 is 0 Å². The van der Waals surface area contributed by atoms with Gasteiger partial charge in [-0.15, -0.1) is 0 Å². The Balaban J connectivity index is 2.01. The maximum atomic E-state index is 12.1. The number of benzene rings is 2. The molecule has 0 heterocycles. The fraction of sp³-hybridized carbons (Fsp3) is 0.235. The number of nitrogens with one attached hydrogen (secondary N) is 1. The van der Waals surface area contributed by atoms with Gasteiger partial charge in [-0.25, -0.2) is 0 Å². The molecule has 0 aliphatic heterocycles. The first-order chi connectivity index (χ1) is 9.69. The van der Waals surface area contributed by atoms with Gasteiger partial charge in [0.2, 0.25) is 0 Å². The van der Waals surface area contributed by atoms with Crippen molar-refractivity contribution < 1.29 is 9.53 Å². The number of amides is 1. The molecular formula is C17H19NO2. The van der Waals surface area contributed by atoms with Gasteiger partial charge in [0, 0.05) is 11.3 Å². The lowest BCUT2D eigenvalue weighted by Gasteiger charge is -2.08. The van der Waals surface area contributed by atoms with E-state index in [4.69, 9.17) is 4.74 Å². The van der Waals surface area contributed by atoms with Gasteiger partial charge < -0.3 is 10.1 Å². The van der Waals surface area contributed by atoms with Crippen LogP contribution in [0.5, 0.6) is 5.75 Å². The van der Waals surface area contributed by atoms with E-state index in [1.54, 1.807) is 6.07 Å². The second-order valence-electron chi connectivity index (χ2n) is 4.70. The van der Waals surface area contributed by atoms with Crippen LogP contribution in [0.25, 0.3) is 0 Å². The molecule has 0 radical (unpaired) electrons. The Morgan fingerprint density at radius 1 is 1.15 bits per heavy atom. The zero-order chi connectivity index (χ0) is 14.4. The molecule has 3 nitrogen and oxygen atoms in total. The highest BCUT2D eigenvalue weighted by atomic mass is 16.5. The molecule has 0 saturated heterocycles. The van der Waals surface area contributed by atoms with E-state index in [-0.39, 0.29) is 5.91 Å². The number of carbonyl (C=O) groups is 1. The van der Waals surface area contributed by atoms with Gasteiger partial charge in [-0.1, -0.05) is 24.6 Å². The van der Waals surface area contributed by atoms with Crippen molar-refractivity contribution >= 4 is 11.6 Å². The molecule has 0 aliphatic rings. The van der Waals surface area contributed by atoms with Gasteiger partial charge in [0.1, 0.15) is 5.75 Å². The topological polar surface area (TPSA) is 38.3 Å². The summed E-state index contributed by atoms with van der Waals surface area (Å²) < 4.78 is 5.50. The van der Waals surface area contributed by atoms with Crippen molar-refractivity contribution in [3.05, 3.63) is 59.7 Å². The molecule has 2 aromatic rings.